The molecule has 0 aromatic carbocycles. The first-order valence-corrected chi connectivity index (χ1v) is 12.3. The molecule has 1 aliphatic heterocycles. The SMILES string of the molecule is CN=C(NCCCC1CCCCC1)NCCS(=O)(=O)NCC1CCCCO1.I. The molecule has 2 fully saturated rings. The summed E-state index contributed by atoms with van der Waals surface area (Å²) in [7, 11) is -1.59. The van der Waals surface area contributed by atoms with E-state index in [0.29, 0.717) is 19.0 Å². The van der Waals surface area contributed by atoms with Gasteiger partial charge in [0.15, 0.2) is 5.96 Å². The van der Waals surface area contributed by atoms with Crippen molar-refractivity contribution in [1.82, 2.24) is 15.4 Å². The summed E-state index contributed by atoms with van der Waals surface area (Å²) in [5.41, 5.74) is 0. The first-order valence-electron chi connectivity index (χ1n) is 10.6. The molecule has 1 saturated carbocycles. The molecule has 0 bridgehead atoms. The maximum Gasteiger partial charge on any atom is 0.213 e. The van der Waals surface area contributed by atoms with Crippen molar-refractivity contribution in [1.29, 1.82) is 0 Å². The van der Waals surface area contributed by atoms with Gasteiger partial charge in [0.2, 0.25) is 10.0 Å². The van der Waals surface area contributed by atoms with Crippen LogP contribution in [-0.2, 0) is 14.8 Å². The largest absolute Gasteiger partial charge is 0.377 e. The fourth-order valence-corrected chi connectivity index (χ4v) is 4.81. The molecule has 7 nitrogen and oxygen atoms in total. The highest BCUT2D eigenvalue weighted by Gasteiger charge is 2.17. The van der Waals surface area contributed by atoms with Crippen LogP contribution < -0.4 is 15.4 Å². The van der Waals surface area contributed by atoms with Gasteiger partial charge in [0.25, 0.3) is 0 Å². The van der Waals surface area contributed by atoms with Crippen LogP contribution in [0.5, 0.6) is 0 Å². The van der Waals surface area contributed by atoms with E-state index in [4.69, 9.17) is 4.74 Å². The Morgan fingerprint density at radius 3 is 2.43 bits per heavy atom. The molecule has 9 heteroatoms. The van der Waals surface area contributed by atoms with Crippen molar-refractivity contribution in [2.24, 2.45) is 10.9 Å². The van der Waals surface area contributed by atoms with Gasteiger partial charge in [-0.2, -0.15) is 0 Å². The summed E-state index contributed by atoms with van der Waals surface area (Å²) in [5.74, 6) is 1.59. The van der Waals surface area contributed by atoms with Crippen molar-refractivity contribution in [2.75, 3.05) is 39.0 Å². The Bertz CT molecular complexity index is 533. The number of aliphatic imine (C=N–C) groups is 1. The van der Waals surface area contributed by atoms with E-state index in [2.05, 4.69) is 20.3 Å². The fraction of sp³-hybridized carbons (Fsp3) is 0.947. The second-order valence-corrected chi connectivity index (χ2v) is 9.65. The summed E-state index contributed by atoms with van der Waals surface area (Å²) >= 11 is 0. The van der Waals surface area contributed by atoms with Crippen molar-refractivity contribution >= 4 is 40.0 Å². The van der Waals surface area contributed by atoms with Crippen molar-refractivity contribution in [2.45, 2.75) is 70.3 Å². The standard InChI is InChI=1S/C19H38N4O3S.HI/c1-20-19(21-12-7-10-17-8-3-2-4-9-17)22-13-15-27(24,25)23-16-18-11-5-6-14-26-18;/h17-18,23H,2-16H2,1H3,(H2,20,21,22);1H. The molecule has 28 heavy (non-hydrogen) atoms. The molecule has 2 aliphatic rings. The predicted molar refractivity (Wildman–Crippen MR) is 126 cm³/mol. The Morgan fingerprint density at radius 1 is 1.04 bits per heavy atom. The van der Waals surface area contributed by atoms with Crippen LogP contribution in [0.25, 0.3) is 0 Å². The van der Waals surface area contributed by atoms with E-state index in [1.807, 2.05) is 0 Å². The van der Waals surface area contributed by atoms with E-state index >= 15 is 0 Å². The lowest BCUT2D eigenvalue weighted by molar-refractivity contribution is 0.0200. The first-order chi connectivity index (χ1) is 13.1. The molecule has 1 saturated heterocycles. The number of sulfonamides is 1. The van der Waals surface area contributed by atoms with Crippen LogP contribution in [0.4, 0.5) is 0 Å². The highest BCUT2D eigenvalue weighted by molar-refractivity contribution is 14.0. The smallest absolute Gasteiger partial charge is 0.213 e. The normalized spacial score (nSPS) is 21.8. The summed E-state index contributed by atoms with van der Waals surface area (Å²) in [6.45, 7) is 2.32. The molecule has 0 radical (unpaired) electrons. The van der Waals surface area contributed by atoms with Crippen LogP contribution in [0.3, 0.4) is 0 Å². The number of halogens is 1. The molecule has 0 amide bonds. The van der Waals surface area contributed by atoms with Gasteiger partial charge in [0, 0.05) is 33.3 Å². The van der Waals surface area contributed by atoms with E-state index in [1.165, 1.54) is 38.5 Å². The summed E-state index contributed by atoms with van der Waals surface area (Å²) < 4.78 is 32.4. The third-order valence-corrected chi connectivity index (χ3v) is 6.85. The third kappa shape index (κ3) is 11.2. The highest BCUT2D eigenvalue weighted by Crippen LogP contribution is 2.26. The lowest BCUT2D eigenvalue weighted by atomic mass is 9.86. The van der Waals surface area contributed by atoms with Gasteiger partial charge >= 0.3 is 0 Å². The van der Waals surface area contributed by atoms with Crippen molar-refractivity contribution in [3.8, 4) is 0 Å². The lowest BCUT2D eigenvalue weighted by Crippen LogP contribution is -2.42. The van der Waals surface area contributed by atoms with E-state index in [0.717, 1.165) is 44.8 Å². The second kappa shape index (κ2) is 14.8. The Kier molecular flexibility index (Phi) is 13.7. The topological polar surface area (TPSA) is 91.8 Å². The molecule has 3 N–H and O–H groups in total. The number of rotatable bonds is 10. The first kappa shape index (κ1) is 25.9. The van der Waals surface area contributed by atoms with E-state index in [9.17, 15) is 8.42 Å². The maximum absolute atomic E-state index is 12.1. The third-order valence-electron chi connectivity index (χ3n) is 5.50. The zero-order chi connectivity index (χ0) is 19.4. The summed E-state index contributed by atoms with van der Waals surface area (Å²) in [5, 5.41) is 6.37. The predicted octanol–water partition coefficient (Wildman–Crippen LogP) is 2.62. The highest BCUT2D eigenvalue weighted by atomic mass is 127. The minimum absolute atomic E-state index is 0. The van der Waals surface area contributed by atoms with Crippen molar-refractivity contribution < 1.29 is 13.2 Å². The molecule has 1 heterocycles. The zero-order valence-corrected chi connectivity index (χ0v) is 20.4. The molecule has 1 atom stereocenters. The van der Waals surface area contributed by atoms with Crippen LogP contribution >= 0.6 is 24.0 Å². The van der Waals surface area contributed by atoms with Crippen molar-refractivity contribution in [3.05, 3.63) is 0 Å². The average molecular weight is 531 g/mol. The summed E-state index contributed by atoms with van der Waals surface area (Å²) in [6, 6.07) is 0. The number of hydrogen-bond acceptors (Lipinski definition) is 4. The van der Waals surface area contributed by atoms with Gasteiger partial charge in [-0.05, 0) is 38.0 Å². The van der Waals surface area contributed by atoms with Crippen LogP contribution in [0.15, 0.2) is 4.99 Å². The van der Waals surface area contributed by atoms with E-state index < -0.39 is 10.0 Å². The minimum Gasteiger partial charge on any atom is -0.377 e. The van der Waals surface area contributed by atoms with Gasteiger partial charge in [-0.3, -0.25) is 4.99 Å². The molecule has 2 rings (SSSR count). The van der Waals surface area contributed by atoms with Gasteiger partial charge in [0.05, 0.1) is 11.9 Å². The maximum atomic E-state index is 12.1. The second-order valence-electron chi connectivity index (χ2n) is 7.73. The van der Waals surface area contributed by atoms with Gasteiger partial charge in [-0.1, -0.05) is 32.1 Å². The van der Waals surface area contributed by atoms with Gasteiger partial charge in [0.1, 0.15) is 0 Å². The monoisotopic (exact) mass is 530 g/mol. The molecular formula is C19H39IN4O3S. The lowest BCUT2D eigenvalue weighted by Gasteiger charge is -2.22. The number of hydrogen-bond donors (Lipinski definition) is 3. The summed E-state index contributed by atoms with van der Waals surface area (Å²) in [6.07, 6.45) is 12.4. The van der Waals surface area contributed by atoms with Gasteiger partial charge in [-0.25, -0.2) is 13.1 Å². The number of ether oxygens (including phenoxy) is 1. The number of guanidine groups is 1. The van der Waals surface area contributed by atoms with Gasteiger partial charge < -0.3 is 15.4 Å². The molecule has 166 valence electrons. The average Bonchev–Trinajstić information content (AvgIpc) is 2.70. The van der Waals surface area contributed by atoms with E-state index in [-0.39, 0.29) is 35.8 Å². The summed E-state index contributed by atoms with van der Waals surface area (Å²) in [4.78, 5) is 4.17. The molecule has 1 unspecified atom stereocenters. The Labute approximate surface area is 188 Å². The van der Waals surface area contributed by atoms with Crippen LogP contribution in [0.1, 0.15) is 64.2 Å². The molecule has 0 aromatic heterocycles. The Balaban J connectivity index is 0.00000392. The quantitative estimate of drug-likeness (QED) is 0.175. The fourth-order valence-electron chi connectivity index (χ4n) is 3.86. The van der Waals surface area contributed by atoms with E-state index in [1.54, 1.807) is 7.05 Å². The Morgan fingerprint density at radius 2 is 1.75 bits per heavy atom. The Hall–Kier alpha value is -0.130. The van der Waals surface area contributed by atoms with Crippen LogP contribution in [-0.4, -0.2) is 59.5 Å². The zero-order valence-electron chi connectivity index (χ0n) is 17.2. The molecule has 0 aromatic rings. The molecular weight excluding hydrogens is 491 g/mol. The number of nitrogens with one attached hydrogen (secondary N) is 3. The van der Waals surface area contributed by atoms with Crippen LogP contribution in [0, 0.1) is 5.92 Å². The molecule has 0 spiro atoms. The van der Waals surface area contributed by atoms with Crippen LogP contribution in [0.2, 0.25) is 0 Å². The van der Waals surface area contributed by atoms with Crippen molar-refractivity contribution in [3.63, 3.8) is 0 Å². The van der Waals surface area contributed by atoms with Gasteiger partial charge in [-0.15, -0.1) is 24.0 Å². The molecule has 1 aliphatic carbocycles. The minimum atomic E-state index is -3.30. The number of nitrogens with zero attached hydrogens (tertiary/aromatic N) is 1.